The monoisotopic (exact) mass is 522 g/mol. The summed E-state index contributed by atoms with van der Waals surface area (Å²) in [7, 11) is 4.61. The molecule has 11 heteroatoms. The second-order valence-electron chi connectivity index (χ2n) is 9.96. The molecule has 1 aromatic rings. The Morgan fingerprint density at radius 1 is 1.08 bits per heavy atom. The number of methoxy groups -OCH3 is 3. The first kappa shape index (κ1) is 28.7. The maximum atomic E-state index is 13.1. The Morgan fingerprint density at radius 2 is 1.76 bits per heavy atom. The van der Waals surface area contributed by atoms with Crippen LogP contribution in [0.15, 0.2) is 6.07 Å². The molecule has 2 amide bonds. The van der Waals surface area contributed by atoms with E-state index in [0.717, 1.165) is 11.1 Å². The minimum atomic E-state index is -1.29. The molecule has 37 heavy (non-hydrogen) atoms. The average Bonchev–Trinajstić information content (AvgIpc) is 3.70. The van der Waals surface area contributed by atoms with Gasteiger partial charge in [-0.2, -0.15) is 0 Å². The van der Waals surface area contributed by atoms with Gasteiger partial charge in [-0.15, -0.1) is 0 Å². The number of ketones is 1. The average molecular weight is 523 g/mol. The van der Waals surface area contributed by atoms with Crippen molar-refractivity contribution in [2.45, 2.75) is 57.2 Å². The first-order chi connectivity index (χ1) is 17.6. The van der Waals surface area contributed by atoms with Crippen LogP contribution in [-0.4, -0.2) is 86.6 Å². The highest BCUT2D eigenvalue weighted by atomic mass is 16.6. The van der Waals surface area contributed by atoms with Gasteiger partial charge in [-0.25, -0.2) is 0 Å². The number of aliphatic hydroxyl groups excluding tert-OH is 2. The van der Waals surface area contributed by atoms with Crippen LogP contribution < -0.4 is 24.8 Å². The summed E-state index contributed by atoms with van der Waals surface area (Å²) in [6.45, 7) is 2.79. The summed E-state index contributed by atoms with van der Waals surface area (Å²) >= 11 is 0. The molecule has 1 fully saturated rings. The van der Waals surface area contributed by atoms with Crippen LogP contribution in [0.2, 0.25) is 0 Å². The molecular weight excluding hydrogens is 484 g/mol. The van der Waals surface area contributed by atoms with Gasteiger partial charge in [0, 0.05) is 11.5 Å². The molecule has 3 rings (SSSR count). The van der Waals surface area contributed by atoms with E-state index in [1.54, 1.807) is 7.11 Å². The van der Waals surface area contributed by atoms with Crippen molar-refractivity contribution in [2.24, 2.45) is 11.8 Å². The highest BCUT2D eigenvalue weighted by Gasteiger charge is 2.54. The standard InChI is InChI=1S/C26H38N2O9/c1-14(2)8-18(23(31)26(12-30)13-37-26)27-25(33)19(11-29)28-24(32)15-6-7-17-16(9-15)10-20(34-3)22(36-5)21(17)35-4/h10,14-15,18-19,29-30H,6-9,11-13H2,1-5H3,(H,27,33)(H,28,32)/t15-,18+,19+,26-/m1/s1. The van der Waals surface area contributed by atoms with Crippen LogP contribution in [0.5, 0.6) is 17.2 Å². The van der Waals surface area contributed by atoms with Gasteiger partial charge < -0.3 is 39.8 Å². The van der Waals surface area contributed by atoms with Crippen molar-refractivity contribution < 1.29 is 43.5 Å². The van der Waals surface area contributed by atoms with Gasteiger partial charge in [0.25, 0.3) is 0 Å². The molecule has 11 nitrogen and oxygen atoms in total. The van der Waals surface area contributed by atoms with Gasteiger partial charge in [0.2, 0.25) is 17.6 Å². The SMILES string of the molecule is COc1cc2c(c(OC)c1OC)CC[C@@H](C(=O)N[C@@H](CO)C(=O)N[C@@H](CC(C)C)C(=O)[C@@]1(CO)CO1)C2. The van der Waals surface area contributed by atoms with Crippen molar-refractivity contribution in [3.63, 3.8) is 0 Å². The third-order valence-corrected chi connectivity index (χ3v) is 6.96. The summed E-state index contributed by atoms with van der Waals surface area (Å²) in [6, 6.07) is -0.322. The van der Waals surface area contributed by atoms with E-state index in [2.05, 4.69) is 10.6 Å². The number of fused-ring (bicyclic) bond motifs is 1. The van der Waals surface area contributed by atoms with Crippen molar-refractivity contribution in [3.05, 3.63) is 17.2 Å². The van der Waals surface area contributed by atoms with E-state index in [1.165, 1.54) is 14.2 Å². The zero-order chi connectivity index (χ0) is 27.3. The fourth-order valence-electron chi connectivity index (χ4n) is 4.81. The van der Waals surface area contributed by atoms with E-state index >= 15 is 0 Å². The molecule has 206 valence electrons. The molecule has 4 atom stereocenters. The summed E-state index contributed by atoms with van der Waals surface area (Å²) in [6.07, 6.45) is 1.78. The smallest absolute Gasteiger partial charge is 0.245 e. The van der Waals surface area contributed by atoms with Crippen molar-refractivity contribution in [1.29, 1.82) is 0 Å². The second-order valence-corrected chi connectivity index (χ2v) is 9.96. The number of epoxide rings is 1. The van der Waals surface area contributed by atoms with Crippen LogP contribution in [0.25, 0.3) is 0 Å². The normalized spacial score (nSPS) is 21.9. The van der Waals surface area contributed by atoms with E-state index in [-0.39, 0.29) is 18.4 Å². The molecule has 0 radical (unpaired) electrons. The predicted molar refractivity (Wildman–Crippen MR) is 133 cm³/mol. The lowest BCUT2D eigenvalue weighted by molar-refractivity contribution is -0.135. The quantitative estimate of drug-likeness (QED) is 0.265. The molecule has 1 aliphatic carbocycles. The van der Waals surface area contributed by atoms with E-state index in [4.69, 9.17) is 18.9 Å². The highest BCUT2D eigenvalue weighted by molar-refractivity contribution is 5.98. The molecule has 4 N–H and O–H groups in total. The van der Waals surface area contributed by atoms with Crippen LogP contribution in [0.4, 0.5) is 0 Å². The molecule has 0 spiro atoms. The van der Waals surface area contributed by atoms with Crippen LogP contribution in [-0.2, 0) is 32.0 Å². The van der Waals surface area contributed by atoms with Crippen LogP contribution in [0.3, 0.4) is 0 Å². The summed E-state index contributed by atoms with van der Waals surface area (Å²) < 4.78 is 21.6. The highest BCUT2D eigenvalue weighted by Crippen LogP contribution is 2.45. The lowest BCUT2D eigenvalue weighted by Crippen LogP contribution is -2.56. The minimum absolute atomic E-state index is 0.0702. The number of hydrogen-bond donors (Lipinski definition) is 4. The number of amides is 2. The minimum Gasteiger partial charge on any atom is -0.493 e. The second kappa shape index (κ2) is 12.1. The maximum absolute atomic E-state index is 13.1. The number of Topliss-reactive ketones (excluding diaryl/α,β-unsaturated/α-hetero) is 1. The molecule has 1 saturated heterocycles. The predicted octanol–water partition coefficient (Wildman–Crippen LogP) is 0.156. The Labute approximate surface area is 216 Å². The molecule has 0 bridgehead atoms. The lowest BCUT2D eigenvalue weighted by Gasteiger charge is -2.29. The Hall–Kier alpha value is -2.89. The third-order valence-electron chi connectivity index (χ3n) is 6.96. The van der Waals surface area contributed by atoms with Crippen molar-refractivity contribution in [2.75, 3.05) is 41.2 Å². The molecule has 1 aromatic carbocycles. The van der Waals surface area contributed by atoms with E-state index in [1.807, 2.05) is 19.9 Å². The number of benzene rings is 1. The number of carbonyl (C=O) groups is 3. The number of hydrogen-bond acceptors (Lipinski definition) is 9. The molecule has 1 heterocycles. The largest absolute Gasteiger partial charge is 0.493 e. The van der Waals surface area contributed by atoms with Gasteiger partial charge in [-0.3, -0.25) is 14.4 Å². The van der Waals surface area contributed by atoms with Gasteiger partial charge in [0.15, 0.2) is 22.9 Å². The Balaban J connectivity index is 1.70. The molecule has 0 aromatic heterocycles. The molecule has 0 unspecified atom stereocenters. The zero-order valence-electron chi connectivity index (χ0n) is 22.1. The fraction of sp³-hybridized carbons (Fsp3) is 0.654. The first-order valence-corrected chi connectivity index (χ1v) is 12.5. The fourth-order valence-corrected chi connectivity index (χ4v) is 4.81. The van der Waals surface area contributed by atoms with Gasteiger partial charge in [-0.05, 0) is 43.2 Å². The molecular formula is C26H38N2O9. The van der Waals surface area contributed by atoms with Crippen molar-refractivity contribution in [1.82, 2.24) is 10.6 Å². The van der Waals surface area contributed by atoms with Gasteiger partial charge in [0.05, 0.1) is 47.2 Å². The molecule has 2 aliphatic rings. The first-order valence-electron chi connectivity index (χ1n) is 12.5. The van der Waals surface area contributed by atoms with Gasteiger partial charge >= 0.3 is 0 Å². The summed E-state index contributed by atoms with van der Waals surface area (Å²) in [4.78, 5) is 39.0. The van der Waals surface area contributed by atoms with Crippen LogP contribution in [0, 0.1) is 11.8 Å². The van der Waals surface area contributed by atoms with Gasteiger partial charge in [0.1, 0.15) is 6.04 Å². The number of rotatable bonds is 13. The van der Waals surface area contributed by atoms with Crippen molar-refractivity contribution in [3.8, 4) is 17.2 Å². The van der Waals surface area contributed by atoms with E-state index < -0.39 is 48.5 Å². The maximum Gasteiger partial charge on any atom is 0.245 e. The molecule has 1 aliphatic heterocycles. The van der Waals surface area contributed by atoms with Gasteiger partial charge in [-0.1, -0.05) is 13.8 Å². The number of carbonyl (C=O) groups excluding carboxylic acids is 3. The number of aliphatic hydroxyl groups is 2. The topological polar surface area (TPSA) is 156 Å². The lowest BCUT2D eigenvalue weighted by atomic mass is 9.82. The number of nitrogens with one attached hydrogen (secondary N) is 2. The summed E-state index contributed by atoms with van der Waals surface area (Å²) in [5.41, 5.74) is 0.536. The van der Waals surface area contributed by atoms with Crippen LogP contribution in [0.1, 0.15) is 37.8 Å². The Kier molecular flexibility index (Phi) is 9.38. The van der Waals surface area contributed by atoms with E-state index in [0.29, 0.717) is 42.9 Å². The summed E-state index contributed by atoms with van der Waals surface area (Å²) in [5, 5.41) is 24.7. The summed E-state index contributed by atoms with van der Waals surface area (Å²) in [5.74, 6) is -0.275. The van der Waals surface area contributed by atoms with Crippen molar-refractivity contribution >= 4 is 17.6 Å². The Morgan fingerprint density at radius 3 is 2.27 bits per heavy atom. The molecule has 0 saturated carbocycles. The zero-order valence-corrected chi connectivity index (χ0v) is 22.1. The number of ether oxygens (including phenoxy) is 4. The van der Waals surface area contributed by atoms with Crippen LogP contribution >= 0.6 is 0 Å². The third kappa shape index (κ3) is 6.16. The van der Waals surface area contributed by atoms with E-state index in [9.17, 15) is 24.6 Å². The Bertz CT molecular complexity index is 1010.